The van der Waals surface area contributed by atoms with E-state index in [0.717, 1.165) is 6.20 Å². The number of aliphatic hydroxyl groups excluding tert-OH is 1. The second-order valence-electron chi connectivity index (χ2n) is 5.21. The van der Waals surface area contributed by atoms with Gasteiger partial charge in [-0.25, -0.2) is 12.8 Å². The standard InChI is InChI=1S/C13H20FN3O3S/c1-21(19,20)17-8-6-16(7-9-17)5-4-13(18)12-3-2-11(14)10-15-12/h2-3,10,13,18H,4-9H2,1H3. The SMILES string of the molecule is CS(=O)(=O)N1CCN(CCC(O)c2ccc(F)cn2)CC1. The van der Waals surface area contributed by atoms with Gasteiger partial charge in [-0.3, -0.25) is 4.98 Å². The Balaban J connectivity index is 1.78. The monoisotopic (exact) mass is 317 g/mol. The Kier molecular flexibility index (Phi) is 5.26. The summed E-state index contributed by atoms with van der Waals surface area (Å²) in [5, 5.41) is 10.0. The van der Waals surface area contributed by atoms with Crippen molar-refractivity contribution in [2.45, 2.75) is 12.5 Å². The van der Waals surface area contributed by atoms with Gasteiger partial charge in [-0.15, -0.1) is 0 Å². The molecule has 1 aromatic heterocycles. The summed E-state index contributed by atoms with van der Waals surface area (Å²) in [6.07, 6.45) is 2.05. The van der Waals surface area contributed by atoms with Crippen LogP contribution >= 0.6 is 0 Å². The van der Waals surface area contributed by atoms with Crippen LogP contribution in [0.4, 0.5) is 4.39 Å². The highest BCUT2D eigenvalue weighted by molar-refractivity contribution is 7.88. The van der Waals surface area contributed by atoms with Gasteiger partial charge in [-0.2, -0.15) is 4.31 Å². The van der Waals surface area contributed by atoms with E-state index in [1.54, 1.807) is 0 Å². The average molecular weight is 317 g/mol. The number of pyridine rings is 1. The zero-order valence-electron chi connectivity index (χ0n) is 11.9. The zero-order valence-corrected chi connectivity index (χ0v) is 12.8. The Morgan fingerprint density at radius 1 is 1.33 bits per heavy atom. The summed E-state index contributed by atoms with van der Waals surface area (Å²) in [5.41, 5.74) is 0.450. The minimum absolute atomic E-state index is 0.428. The van der Waals surface area contributed by atoms with E-state index >= 15 is 0 Å². The first-order valence-corrected chi connectivity index (χ1v) is 8.68. The maximum Gasteiger partial charge on any atom is 0.211 e. The fraction of sp³-hybridized carbons (Fsp3) is 0.615. The van der Waals surface area contributed by atoms with E-state index in [4.69, 9.17) is 0 Å². The van der Waals surface area contributed by atoms with Crippen LogP contribution in [0.1, 0.15) is 18.2 Å². The summed E-state index contributed by atoms with van der Waals surface area (Å²) in [5.74, 6) is -0.428. The van der Waals surface area contributed by atoms with Crippen LogP contribution in [0.25, 0.3) is 0 Å². The van der Waals surface area contributed by atoms with Crippen molar-refractivity contribution in [3.8, 4) is 0 Å². The molecule has 0 aliphatic carbocycles. The van der Waals surface area contributed by atoms with Gasteiger partial charge in [-0.05, 0) is 18.6 Å². The number of piperazine rings is 1. The molecule has 2 heterocycles. The first kappa shape index (κ1) is 16.3. The zero-order chi connectivity index (χ0) is 15.5. The second kappa shape index (κ2) is 6.78. The lowest BCUT2D eigenvalue weighted by molar-refractivity contribution is 0.122. The molecule has 21 heavy (non-hydrogen) atoms. The van der Waals surface area contributed by atoms with Crippen LogP contribution < -0.4 is 0 Å². The predicted octanol–water partition coefficient (Wildman–Crippen LogP) is 0.221. The van der Waals surface area contributed by atoms with Crippen molar-refractivity contribution in [1.29, 1.82) is 0 Å². The van der Waals surface area contributed by atoms with E-state index in [2.05, 4.69) is 9.88 Å². The Hall–Kier alpha value is -1.09. The lowest BCUT2D eigenvalue weighted by atomic mass is 10.1. The average Bonchev–Trinajstić information content (AvgIpc) is 2.45. The van der Waals surface area contributed by atoms with E-state index < -0.39 is 21.9 Å². The molecule has 1 aliphatic heterocycles. The van der Waals surface area contributed by atoms with Gasteiger partial charge < -0.3 is 10.0 Å². The van der Waals surface area contributed by atoms with Crippen LogP contribution in [0.15, 0.2) is 18.3 Å². The Bertz CT molecular complexity index is 557. The molecule has 118 valence electrons. The van der Waals surface area contributed by atoms with Crippen molar-refractivity contribution in [2.75, 3.05) is 39.0 Å². The normalized spacial score (nSPS) is 19.6. The van der Waals surface area contributed by atoms with Gasteiger partial charge in [-0.1, -0.05) is 0 Å². The molecule has 0 spiro atoms. The minimum Gasteiger partial charge on any atom is -0.387 e. The van der Waals surface area contributed by atoms with E-state index in [9.17, 15) is 17.9 Å². The van der Waals surface area contributed by atoms with Crippen LogP contribution in [0.3, 0.4) is 0 Å². The first-order chi connectivity index (χ1) is 9.86. The van der Waals surface area contributed by atoms with Gasteiger partial charge in [0.05, 0.1) is 24.3 Å². The van der Waals surface area contributed by atoms with Crippen molar-refractivity contribution in [2.24, 2.45) is 0 Å². The lowest BCUT2D eigenvalue weighted by Crippen LogP contribution is -2.48. The molecular weight excluding hydrogens is 297 g/mol. The maximum atomic E-state index is 12.8. The highest BCUT2D eigenvalue weighted by Gasteiger charge is 2.23. The number of nitrogens with zero attached hydrogens (tertiary/aromatic N) is 3. The molecule has 8 heteroatoms. The Labute approximate surface area is 124 Å². The Morgan fingerprint density at radius 3 is 2.52 bits per heavy atom. The highest BCUT2D eigenvalue weighted by atomic mass is 32.2. The van der Waals surface area contributed by atoms with Crippen LogP contribution in [-0.4, -0.2) is 66.7 Å². The van der Waals surface area contributed by atoms with Gasteiger partial charge in [0.1, 0.15) is 5.82 Å². The van der Waals surface area contributed by atoms with Gasteiger partial charge in [0, 0.05) is 32.7 Å². The largest absolute Gasteiger partial charge is 0.387 e. The molecule has 0 bridgehead atoms. The molecule has 1 atom stereocenters. The molecule has 2 rings (SSSR count). The van der Waals surface area contributed by atoms with Crippen molar-refractivity contribution in [3.63, 3.8) is 0 Å². The fourth-order valence-corrected chi connectivity index (χ4v) is 3.15. The molecule has 0 amide bonds. The van der Waals surface area contributed by atoms with Gasteiger partial charge in [0.25, 0.3) is 0 Å². The summed E-state index contributed by atoms with van der Waals surface area (Å²) in [6, 6.07) is 2.75. The number of sulfonamides is 1. The summed E-state index contributed by atoms with van der Waals surface area (Å²) in [6.45, 7) is 2.90. The first-order valence-electron chi connectivity index (χ1n) is 6.83. The van der Waals surface area contributed by atoms with E-state index in [1.165, 1.54) is 22.7 Å². The molecule has 0 aromatic carbocycles. The molecule has 1 aromatic rings. The molecule has 1 unspecified atom stereocenters. The number of rotatable bonds is 5. The predicted molar refractivity (Wildman–Crippen MR) is 76.6 cm³/mol. The van der Waals surface area contributed by atoms with E-state index in [-0.39, 0.29) is 0 Å². The molecule has 1 aliphatic rings. The highest BCUT2D eigenvalue weighted by Crippen LogP contribution is 2.16. The van der Waals surface area contributed by atoms with Gasteiger partial charge >= 0.3 is 0 Å². The topological polar surface area (TPSA) is 73.7 Å². The molecule has 1 N–H and O–H groups in total. The second-order valence-corrected chi connectivity index (χ2v) is 7.19. The summed E-state index contributed by atoms with van der Waals surface area (Å²) < 4.78 is 37.0. The van der Waals surface area contributed by atoms with Gasteiger partial charge in [0.15, 0.2) is 0 Å². The van der Waals surface area contributed by atoms with Crippen LogP contribution in [0.2, 0.25) is 0 Å². The van der Waals surface area contributed by atoms with Crippen LogP contribution in [0, 0.1) is 5.82 Å². The molecule has 1 fully saturated rings. The van der Waals surface area contributed by atoms with Crippen molar-refractivity contribution in [1.82, 2.24) is 14.2 Å². The summed E-state index contributed by atoms with van der Waals surface area (Å²) in [4.78, 5) is 5.96. The lowest BCUT2D eigenvalue weighted by Gasteiger charge is -2.33. The third-order valence-corrected chi connectivity index (χ3v) is 4.91. The van der Waals surface area contributed by atoms with Crippen molar-refractivity contribution >= 4 is 10.0 Å². The number of aromatic nitrogens is 1. The fourth-order valence-electron chi connectivity index (χ4n) is 2.32. The summed E-state index contributed by atoms with van der Waals surface area (Å²) >= 11 is 0. The number of hydrogen-bond acceptors (Lipinski definition) is 5. The Morgan fingerprint density at radius 2 is 2.00 bits per heavy atom. The third kappa shape index (κ3) is 4.70. The van der Waals surface area contributed by atoms with Crippen LogP contribution in [0.5, 0.6) is 0 Å². The third-order valence-electron chi connectivity index (χ3n) is 3.61. The summed E-state index contributed by atoms with van der Waals surface area (Å²) in [7, 11) is -3.12. The molecule has 0 saturated carbocycles. The van der Waals surface area contributed by atoms with Crippen molar-refractivity contribution < 1.29 is 17.9 Å². The number of hydrogen-bond donors (Lipinski definition) is 1. The molecular formula is C13H20FN3O3S. The quantitative estimate of drug-likeness (QED) is 0.841. The van der Waals surface area contributed by atoms with E-state index in [0.29, 0.717) is 44.8 Å². The molecule has 1 saturated heterocycles. The number of aliphatic hydroxyl groups is 1. The van der Waals surface area contributed by atoms with Crippen LogP contribution in [-0.2, 0) is 10.0 Å². The van der Waals surface area contributed by atoms with Gasteiger partial charge in [0.2, 0.25) is 10.0 Å². The number of halogens is 1. The van der Waals surface area contributed by atoms with Crippen molar-refractivity contribution in [3.05, 3.63) is 29.8 Å². The smallest absolute Gasteiger partial charge is 0.211 e. The maximum absolute atomic E-state index is 12.8. The van der Waals surface area contributed by atoms with E-state index in [1.807, 2.05) is 0 Å². The molecule has 6 nitrogen and oxygen atoms in total. The molecule has 0 radical (unpaired) electrons. The minimum atomic E-state index is -3.12.